The molecule has 0 spiro atoms. The van der Waals surface area contributed by atoms with Gasteiger partial charge in [0.05, 0.1) is 18.8 Å². The van der Waals surface area contributed by atoms with Crippen molar-refractivity contribution in [3.05, 3.63) is 0 Å². The molecular weight excluding hydrogens is 222 g/mol. The van der Waals surface area contributed by atoms with Gasteiger partial charge in [0.1, 0.15) is 11.7 Å². The van der Waals surface area contributed by atoms with Gasteiger partial charge in [0.2, 0.25) is 0 Å². The van der Waals surface area contributed by atoms with Crippen LogP contribution < -0.4 is 0 Å². The molecule has 2 aliphatic rings. The minimum atomic E-state index is -0.708. The van der Waals surface area contributed by atoms with Gasteiger partial charge in [-0.15, -0.1) is 0 Å². The van der Waals surface area contributed by atoms with E-state index in [1.54, 1.807) is 4.90 Å². The highest BCUT2D eigenvalue weighted by atomic mass is 16.6. The van der Waals surface area contributed by atoms with E-state index in [4.69, 9.17) is 9.47 Å². The molecule has 1 unspecified atom stereocenters. The fraction of sp³-hybridized carbons (Fsp3) is 0.917. The fourth-order valence-electron chi connectivity index (χ4n) is 1.92. The quantitative estimate of drug-likeness (QED) is 0.750. The number of nitrogens with zero attached hydrogens (tertiary/aromatic N) is 1. The third-order valence-corrected chi connectivity index (χ3v) is 3.08. The number of ether oxygens (including phenoxy) is 2. The van der Waals surface area contributed by atoms with E-state index in [0.29, 0.717) is 19.7 Å². The molecule has 0 aromatic carbocycles. The van der Waals surface area contributed by atoms with Crippen molar-refractivity contribution in [2.24, 2.45) is 0 Å². The van der Waals surface area contributed by atoms with Crippen LogP contribution in [0.1, 0.15) is 33.6 Å². The summed E-state index contributed by atoms with van der Waals surface area (Å²) in [5.74, 6) is 0. The second kappa shape index (κ2) is 4.14. The molecule has 0 aromatic rings. The van der Waals surface area contributed by atoms with Crippen molar-refractivity contribution in [3.8, 4) is 0 Å². The zero-order valence-corrected chi connectivity index (χ0v) is 10.7. The van der Waals surface area contributed by atoms with E-state index in [1.165, 1.54) is 0 Å². The molecule has 2 fully saturated rings. The second-order valence-corrected chi connectivity index (χ2v) is 5.89. The molecule has 1 saturated heterocycles. The van der Waals surface area contributed by atoms with E-state index in [2.05, 4.69) is 0 Å². The number of morpholine rings is 1. The second-order valence-electron chi connectivity index (χ2n) is 5.89. The smallest absolute Gasteiger partial charge is 0.410 e. The molecule has 2 rings (SSSR count). The number of hydrogen-bond donors (Lipinski definition) is 1. The molecule has 1 aliphatic carbocycles. The highest BCUT2D eigenvalue weighted by molar-refractivity contribution is 5.68. The van der Waals surface area contributed by atoms with Gasteiger partial charge in [-0.3, -0.25) is 0 Å². The lowest BCUT2D eigenvalue weighted by molar-refractivity contribution is -0.0997. The monoisotopic (exact) mass is 243 g/mol. The first kappa shape index (κ1) is 12.6. The van der Waals surface area contributed by atoms with Crippen molar-refractivity contribution < 1.29 is 19.4 Å². The lowest BCUT2D eigenvalue weighted by Gasteiger charge is -2.36. The maximum atomic E-state index is 11.9. The lowest BCUT2D eigenvalue weighted by Crippen LogP contribution is -2.51. The summed E-state index contributed by atoms with van der Waals surface area (Å²) < 4.78 is 10.8. The van der Waals surface area contributed by atoms with E-state index in [1.807, 2.05) is 20.8 Å². The molecule has 0 bridgehead atoms. The maximum Gasteiger partial charge on any atom is 0.410 e. The molecule has 1 saturated carbocycles. The average Bonchev–Trinajstić information content (AvgIpc) is 2.96. The van der Waals surface area contributed by atoms with Gasteiger partial charge in [0.25, 0.3) is 0 Å². The number of carbonyl (C=O) groups is 1. The molecule has 1 aliphatic heterocycles. The predicted octanol–water partition coefficient (Wildman–Crippen LogP) is 1.15. The Morgan fingerprint density at radius 1 is 1.47 bits per heavy atom. The number of amides is 1. The largest absolute Gasteiger partial charge is 0.444 e. The third kappa shape index (κ3) is 3.10. The number of aliphatic hydroxyl groups is 1. The normalized spacial score (nSPS) is 27.8. The molecule has 1 N–H and O–H groups in total. The Morgan fingerprint density at radius 2 is 2.12 bits per heavy atom. The summed E-state index contributed by atoms with van der Waals surface area (Å²) in [6, 6.07) is 0. The van der Waals surface area contributed by atoms with E-state index in [9.17, 15) is 9.90 Å². The van der Waals surface area contributed by atoms with E-state index in [0.717, 1.165) is 12.8 Å². The van der Waals surface area contributed by atoms with Crippen LogP contribution in [0, 0.1) is 0 Å². The molecule has 5 heteroatoms. The third-order valence-electron chi connectivity index (χ3n) is 3.08. The van der Waals surface area contributed by atoms with Crippen molar-refractivity contribution in [1.82, 2.24) is 4.90 Å². The van der Waals surface area contributed by atoms with Crippen LogP contribution >= 0.6 is 0 Å². The standard InChI is InChI=1S/C12H21NO4/c1-11(2,3)17-10(14)13-6-7-16-9(8-13)12(15)4-5-12/h9,15H,4-8H2,1-3H3. The molecule has 1 atom stereocenters. The SMILES string of the molecule is CC(C)(C)OC(=O)N1CCOC(C2(O)CC2)C1. The zero-order valence-electron chi connectivity index (χ0n) is 10.7. The van der Waals surface area contributed by atoms with Crippen LogP contribution in [0.5, 0.6) is 0 Å². The van der Waals surface area contributed by atoms with Gasteiger partial charge >= 0.3 is 6.09 Å². The van der Waals surface area contributed by atoms with Crippen molar-refractivity contribution >= 4 is 6.09 Å². The van der Waals surface area contributed by atoms with E-state index in [-0.39, 0.29) is 12.2 Å². The molecular formula is C12H21NO4. The summed E-state index contributed by atoms with van der Waals surface area (Å²) in [6.45, 7) is 6.95. The summed E-state index contributed by atoms with van der Waals surface area (Å²) in [5.41, 5.74) is -1.19. The van der Waals surface area contributed by atoms with Gasteiger partial charge in [0, 0.05) is 6.54 Å². The maximum absolute atomic E-state index is 11.9. The summed E-state index contributed by atoms with van der Waals surface area (Å²) in [6.07, 6.45) is 0.943. The highest BCUT2D eigenvalue weighted by Gasteiger charge is 2.50. The van der Waals surface area contributed by atoms with Crippen molar-refractivity contribution in [2.75, 3.05) is 19.7 Å². The van der Waals surface area contributed by atoms with Gasteiger partial charge in [-0.1, -0.05) is 0 Å². The fourth-order valence-corrected chi connectivity index (χ4v) is 1.92. The van der Waals surface area contributed by atoms with Crippen molar-refractivity contribution in [1.29, 1.82) is 0 Å². The van der Waals surface area contributed by atoms with Gasteiger partial charge in [-0.05, 0) is 33.6 Å². The average molecular weight is 243 g/mol. The summed E-state index contributed by atoms with van der Waals surface area (Å²) in [4.78, 5) is 13.5. The van der Waals surface area contributed by atoms with Crippen LogP contribution in [0.3, 0.4) is 0 Å². The molecule has 98 valence electrons. The Labute approximate surface area is 102 Å². The Morgan fingerprint density at radius 3 is 2.65 bits per heavy atom. The molecule has 1 heterocycles. The van der Waals surface area contributed by atoms with Gasteiger partial charge in [-0.25, -0.2) is 4.79 Å². The van der Waals surface area contributed by atoms with Gasteiger partial charge in [-0.2, -0.15) is 0 Å². The molecule has 1 amide bonds. The van der Waals surface area contributed by atoms with Gasteiger partial charge < -0.3 is 19.5 Å². The summed E-state index contributed by atoms with van der Waals surface area (Å²) >= 11 is 0. The van der Waals surface area contributed by atoms with Crippen LogP contribution in [0.25, 0.3) is 0 Å². The first-order chi connectivity index (χ1) is 7.80. The Hall–Kier alpha value is -0.810. The first-order valence-corrected chi connectivity index (χ1v) is 6.12. The van der Waals surface area contributed by atoms with Crippen LogP contribution in [-0.2, 0) is 9.47 Å². The highest BCUT2D eigenvalue weighted by Crippen LogP contribution is 2.41. The molecule has 5 nitrogen and oxygen atoms in total. The van der Waals surface area contributed by atoms with Crippen molar-refractivity contribution in [2.45, 2.75) is 50.9 Å². The number of rotatable bonds is 1. The summed E-state index contributed by atoms with van der Waals surface area (Å²) in [5, 5.41) is 9.98. The van der Waals surface area contributed by atoms with Crippen molar-refractivity contribution in [3.63, 3.8) is 0 Å². The minimum Gasteiger partial charge on any atom is -0.444 e. The Bertz CT molecular complexity index is 306. The van der Waals surface area contributed by atoms with E-state index < -0.39 is 11.2 Å². The lowest BCUT2D eigenvalue weighted by atomic mass is 10.1. The molecule has 0 radical (unpaired) electrons. The van der Waals surface area contributed by atoms with Crippen LogP contribution in [0.2, 0.25) is 0 Å². The molecule has 17 heavy (non-hydrogen) atoms. The van der Waals surface area contributed by atoms with E-state index >= 15 is 0 Å². The predicted molar refractivity (Wildman–Crippen MR) is 61.7 cm³/mol. The minimum absolute atomic E-state index is 0.260. The van der Waals surface area contributed by atoms with Crippen LogP contribution in [0.4, 0.5) is 4.79 Å². The zero-order chi connectivity index (χ0) is 12.7. The topological polar surface area (TPSA) is 59.0 Å². The number of carbonyl (C=O) groups excluding carboxylic acids is 1. The van der Waals surface area contributed by atoms with Crippen LogP contribution in [0.15, 0.2) is 0 Å². The Kier molecular flexibility index (Phi) is 3.08. The molecule has 0 aromatic heterocycles. The number of hydrogen-bond acceptors (Lipinski definition) is 4. The summed E-state index contributed by atoms with van der Waals surface area (Å²) in [7, 11) is 0. The van der Waals surface area contributed by atoms with Crippen LogP contribution in [-0.4, -0.2) is 53.1 Å². The first-order valence-electron chi connectivity index (χ1n) is 6.12. The van der Waals surface area contributed by atoms with Gasteiger partial charge in [0.15, 0.2) is 0 Å². The Balaban J connectivity index is 1.91.